The second-order valence-corrected chi connectivity index (χ2v) is 8.48. The summed E-state index contributed by atoms with van der Waals surface area (Å²) in [6.07, 6.45) is 6.92. The number of fused-ring (bicyclic) bond motifs is 1. The molecule has 0 aliphatic heterocycles. The van der Waals surface area contributed by atoms with E-state index in [9.17, 15) is 4.79 Å². The summed E-state index contributed by atoms with van der Waals surface area (Å²) in [5.41, 5.74) is 2.92. The molecule has 0 radical (unpaired) electrons. The fourth-order valence-electron chi connectivity index (χ4n) is 3.26. The summed E-state index contributed by atoms with van der Waals surface area (Å²) >= 11 is 9.49. The van der Waals surface area contributed by atoms with Gasteiger partial charge in [-0.05, 0) is 42.8 Å². The lowest BCUT2D eigenvalue weighted by Crippen LogP contribution is -2.08. The zero-order chi connectivity index (χ0) is 20.6. The van der Waals surface area contributed by atoms with Gasteiger partial charge in [-0.2, -0.15) is 0 Å². The average molecular weight is 475 g/mol. The molecule has 3 aromatic rings. The molecule has 1 heterocycles. The molecule has 0 N–H and O–H groups in total. The van der Waals surface area contributed by atoms with E-state index < -0.39 is 0 Å². The third-order valence-corrected chi connectivity index (χ3v) is 5.61. The molecule has 0 amide bonds. The lowest BCUT2D eigenvalue weighted by Gasteiger charge is -2.11. The average Bonchev–Trinajstić information content (AvgIpc) is 2.72. The Hall–Kier alpha value is -1.91. The first-order chi connectivity index (χ1) is 14.1. The van der Waals surface area contributed by atoms with Crippen molar-refractivity contribution < 1.29 is 9.53 Å². The number of pyridine rings is 1. The highest BCUT2D eigenvalue weighted by atomic mass is 79.9. The van der Waals surface area contributed by atoms with Crippen LogP contribution in [0.3, 0.4) is 0 Å². The van der Waals surface area contributed by atoms with Crippen molar-refractivity contribution in [2.45, 2.75) is 45.4 Å². The molecule has 0 saturated heterocycles. The third-order valence-electron chi connectivity index (χ3n) is 4.86. The summed E-state index contributed by atoms with van der Waals surface area (Å²) in [6, 6.07) is 15.0. The van der Waals surface area contributed by atoms with Crippen LogP contribution in [0.2, 0.25) is 5.02 Å². The Morgan fingerprint density at radius 2 is 1.72 bits per heavy atom. The largest absolute Gasteiger partial charge is 0.462 e. The van der Waals surface area contributed by atoms with Crippen LogP contribution in [0.5, 0.6) is 0 Å². The third kappa shape index (κ3) is 6.03. The lowest BCUT2D eigenvalue weighted by atomic mass is 10.0. The van der Waals surface area contributed by atoms with Crippen LogP contribution in [0, 0.1) is 0 Å². The monoisotopic (exact) mass is 473 g/mol. The molecule has 0 unspecified atom stereocenters. The predicted molar refractivity (Wildman–Crippen MR) is 124 cm³/mol. The highest BCUT2D eigenvalue weighted by Gasteiger charge is 2.16. The first-order valence-corrected chi connectivity index (χ1v) is 11.3. The number of rotatable bonds is 9. The molecule has 0 fully saturated rings. The molecule has 0 atom stereocenters. The molecule has 5 heteroatoms. The number of unbranched alkanes of at least 4 members (excludes halogenated alkanes) is 5. The van der Waals surface area contributed by atoms with Gasteiger partial charge in [-0.15, -0.1) is 0 Å². The lowest BCUT2D eigenvalue weighted by molar-refractivity contribution is 0.0500. The number of esters is 1. The molecule has 3 nitrogen and oxygen atoms in total. The summed E-state index contributed by atoms with van der Waals surface area (Å²) in [7, 11) is 0. The molecule has 0 saturated carbocycles. The van der Waals surface area contributed by atoms with Crippen molar-refractivity contribution in [2.75, 3.05) is 6.61 Å². The van der Waals surface area contributed by atoms with Crippen LogP contribution < -0.4 is 0 Å². The van der Waals surface area contributed by atoms with Crippen LogP contribution in [0.15, 0.2) is 53.0 Å². The zero-order valence-electron chi connectivity index (χ0n) is 16.6. The van der Waals surface area contributed by atoms with Crippen molar-refractivity contribution in [1.82, 2.24) is 4.98 Å². The highest BCUT2D eigenvalue weighted by Crippen LogP contribution is 2.28. The van der Waals surface area contributed by atoms with Crippen molar-refractivity contribution in [3.8, 4) is 11.3 Å². The van der Waals surface area contributed by atoms with Crippen LogP contribution >= 0.6 is 27.5 Å². The SMILES string of the molecule is CCCCCCCCOC(=O)c1cc(-c2ccc(Cl)cc2)nc2ccc(Br)cc12. The molecule has 0 bridgehead atoms. The second-order valence-electron chi connectivity index (χ2n) is 7.13. The van der Waals surface area contributed by atoms with E-state index in [1.165, 1.54) is 25.7 Å². The van der Waals surface area contributed by atoms with Crippen LogP contribution in [0.25, 0.3) is 22.2 Å². The standard InChI is InChI=1S/C24H25BrClNO2/c1-2-3-4-5-6-7-14-29-24(28)21-16-23(17-8-11-19(26)12-9-17)27-22-13-10-18(25)15-20(21)22/h8-13,15-16H,2-7,14H2,1H3. The Labute approximate surface area is 185 Å². The topological polar surface area (TPSA) is 39.2 Å². The van der Waals surface area contributed by atoms with Crippen LogP contribution in [0.1, 0.15) is 55.8 Å². The quantitative estimate of drug-likeness (QED) is 0.234. The Morgan fingerprint density at radius 3 is 2.48 bits per heavy atom. The fourth-order valence-corrected chi connectivity index (χ4v) is 3.75. The number of carbonyl (C=O) groups is 1. The van der Waals surface area contributed by atoms with E-state index in [1.54, 1.807) is 0 Å². The maximum absolute atomic E-state index is 12.9. The number of nitrogens with zero attached hydrogens (tertiary/aromatic N) is 1. The number of hydrogen-bond acceptors (Lipinski definition) is 3. The van der Waals surface area contributed by atoms with E-state index in [0.717, 1.165) is 39.5 Å². The minimum atomic E-state index is -0.306. The molecule has 29 heavy (non-hydrogen) atoms. The Morgan fingerprint density at radius 1 is 1.00 bits per heavy atom. The smallest absolute Gasteiger partial charge is 0.338 e. The van der Waals surface area contributed by atoms with Gasteiger partial charge in [0.1, 0.15) is 0 Å². The summed E-state index contributed by atoms with van der Waals surface area (Å²) in [4.78, 5) is 17.6. The van der Waals surface area contributed by atoms with Crippen LogP contribution in [0.4, 0.5) is 0 Å². The van der Waals surface area contributed by atoms with Crippen molar-refractivity contribution >= 4 is 44.4 Å². The van der Waals surface area contributed by atoms with Crippen molar-refractivity contribution in [3.63, 3.8) is 0 Å². The molecule has 0 aliphatic rings. The van der Waals surface area contributed by atoms with E-state index in [0.29, 0.717) is 17.2 Å². The predicted octanol–water partition coefficient (Wildman–Crippen LogP) is 7.84. The first kappa shape index (κ1) is 21.8. The van der Waals surface area contributed by atoms with E-state index in [-0.39, 0.29) is 5.97 Å². The summed E-state index contributed by atoms with van der Waals surface area (Å²) in [5.74, 6) is -0.306. The summed E-state index contributed by atoms with van der Waals surface area (Å²) in [6.45, 7) is 2.65. The highest BCUT2D eigenvalue weighted by molar-refractivity contribution is 9.10. The fraction of sp³-hybridized carbons (Fsp3) is 0.333. The van der Waals surface area contributed by atoms with Gasteiger partial charge in [0.05, 0.1) is 23.4 Å². The van der Waals surface area contributed by atoms with Crippen LogP contribution in [-0.2, 0) is 4.74 Å². The van der Waals surface area contributed by atoms with Gasteiger partial charge >= 0.3 is 5.97 Å². The Bertz CT molecular complexity index is 973. The molecular formula is C24H25BrClNO2. The molecular weight excluding hydrogens is 450 g/mol. The van der Waals surface area contributed by atoms with E-state index >= 15 is 0 Å². The van der Waals surface area contributed by atoms with Gasteiger partial charge in [0, 0.05) is 20.4 Å². The molecule has 0 spiro atoms. The van der Waals surface area contributed by atoms with E-state index in [2.05, 4.69) is 22.9 Å². The number of benzene rings is 2. The number of ether oxygens (including phenoxy) is 1. The minimum Gasteiger partial charge on any atom is -0.462 e. The van der Waals surface area contributed by atoms with Gasteiger partial charge in [-0.1, -0.05) is 78.7 Å². The maximum atomic E-state index is 12.9. The van der Waals surface area contributed by atoms with Crippen LogP contribution in [-0.4, -0.2) is 17.6 Å². The second kappa shape index (κ2) is 10.7. The van der Waals surface area contributed by atoms with Gasteiger partial charge in [0.2, 0.25) is 0 Å². The number of halogens is 2. The molecule has 3 rings (SSSR count). The Balaban J connectivity index is 1.80. The van der Waals surface area contributed by atoms with Gasteiger partial charge < -0.3 is 4.74 Å². The van der Waals surface area contributed by atoms with E-state index in [4.69, 9.17) is 21.3 Å². The molecule has 152 valence electrons. The first-order valence-electron chi connectivity index (χ1n) is 10.1. The van der Waals surface area contributed by atoms with Gasteiger partial charge in [-0.25, -0.2) is 9.78 Å². The minimum absolute atomic E-state index is 0.306. The maximum Gasteiger partial charge on any atom is 0.338 e. The van der Waals surface area contributed by atoms with E-state index in [1.807, 2.05) is 48.5 Å². The normalized spacial score (nSPS) is 11.0. The van der Waals surface area contributed by atoms with Gasteiger partial charge in [0.25, 0.3) is 0 Å². The zero-order valence-corrected chi connectivity index (χ0v) is 18.9. The molecule has 0 aliphatic carbocycles. The van der Waals surface area contributed by atoms with Gasteiger partial charge in [-0.3, -0.25) is 0 Å². The summed E-state index contributed by atoms with van der Waals surface area (Å²) < 4.78 is 6.49. The van der Waals surface area contributed by atoms with Gasteiger partial charge in [0.15, 0.2) is 0 Å². The van der Waals surface area contributed by atoms with Crippen molar-refractivity contribution in [2.24, 2.45) is 0 Å². The number of hydrogen-bond donors (Lipinski definition) is 0. The molecule has 2 aromatic carbocycles. The van der Waals surface area contributed by atoms with Crippen molar-refractivity contribution in [3.05, 3.63) is 63.6 Å². The Kier molecular flexibility index (Phi) is 8.08. The number of aromatic nitrogens is 1. The van der Waals surface area contributed by atoms with Crippen molar-refractivity contribution in [1.29, 1.82) is 0 Å². The summed E-state index contributed by atoms with van der Waals surface area (Å²) in [5, 5.41) is 1.45. The molecule has 1 aromatic heterocycles. The number of carbonyl (C=O) groups excluding carboxylic acids is 1.